The molecule has 0 aliphatic rings. The van der Waals surface area contributed by atoms with Crippen LogP contribution in [0.3, 0.4) is 0 Å². The van der Waals surface area contributed by atoms with Gasteiger partial charge in [-0.2, -0.15) is 5.26 Å². The Hall–Kier alpha value is -3.36. The van der Waals surface area contributed by atoms with Gasteiger partial charge in [0.15, 0.2) is 5.43 Å². The molecule has 0 spiro atoms. The lowest BCUT2D eigenvalue weighted by Crippen LogP contribution is -2.20. The van der Waals surface area contributed by atoms with E-state index in [0.29, 0.717) is 21.5 Å². The smallest absolute Gasteiger partial charge is 0.195 e. The normalized spacial score (nSPS) is 12.0. The third-order valence-electron chi connectivity index (χ3n) is 4.34. The third kappa shape index (κ3) is 2.77. The van der Waals surface area contributed by atoms with Crippen molar-refractivity contribution in [3.05, 3.63) is 99.3 Å². The summed E-state index contributed by atoms with van der Waals surface area (Å²) >= 11 is 6.07. The lowest BCUT2D eigenvalue weighted by Gasteiger charge is -2.19. The summed E-state index contributed by atoms with van der Waals surface area (Å²) in [4.78, 5) is 20.4. The number of nitriles is 1. The number of hydrogen-bond acceptors (Lipinski definition) is 3. The van der Waals surface area contributed by atoms with Gasteiger partial charge in [0, 0.05) is 40.1 Å². The molecule has 0 aliphatic carbocycles. The Bertz CT molecular complexity index is 1170. The van der Waals surface area contributed by atoms with E-state index >= 15 is 0 Å². The number of aromatic nitrogens is 3. The average Bonchev–Trinajstić information content (AvgIpc) is 3.19. The van der Waals surface area contributed by atoms with Crippen LogP contribution in [0.5, 0.6) is 0 Å². The molecule has 0 fully saturated rings. The van der Waals surface area contributed by atoms with Gasteiger partial charge in [0.25, 0.3) is 0 Å². The standard InChI is InChI=1S/C20H13ClN4O/c21-15-5-6-18-16(9-15)20(26)17(11-24-18)19(25-8-7-23-12-25)14-3-1-13(10-22)2-4-14/h1-9,11-12,19H,(H,24,26). The SMILES string of the molecule is N#Cc1ccc(C(c2c[nH]c3ccc(Cl)cc3c2=O)n2ccnc2)cc1. The number of benzene rings is 2. The van der Waals surface area contributed by atoms with Gasteiger partial charge in [0.2, 0.25) is 0 Å². The molecule has 1 N–H and O–H groups in total. The zero-order valence-electron chi connectivity index (χ0n) is 13.6. The molecule has 6 heteroatoms. The summed E-state index contributed by atoms with van der Waals surface area (Å²) in [5.74, 6) is 0. The Labute approximate surface area is 154 Å². The van der Waals surface area contributed by atoms with Crippen LogP contribution in [0.15, 0.2) is 72.2 Å². The second-order valence-corrected chi connectivity index (χ2v) is 6.35. The van der Waals surface area contributed by atoms with E-state index in [1.165, 1.54) is 0 Å². The Morgan fingerprint density at radius 3 is 2.69 bits per heavy atom. The molecule has 0 bridgehead atoms. The largest absolute Gasteiger partial charge is 0.361 e. The Balaban J connectivity index is 1.95. The first-order chi connectivity index (χ1) is 12.7. The number of H-pyrrole nitrogens is 1. The molecule has 0 saturated carbocycles. The summed E-state index contributed by atoms with van der Waals surface area (Å²) in [6, 6.07) is 14.1. The summed E-state index contributed by atoms with van der Waals surface area (Å²) in [5, 5.41) is 10.1. The van der Waals surface area contributed by atoms with Gasteiger partial charge >= 0.3 is 0 Å². The van der Waals surface area contributed by atoms with Crippen LogP contribution >= 0.6 is 11.6 Å². The summed E-state index contributed by atoms with van der Waals surface area (Å²) in [6.07, 6.45) is 6.87. The van der Waals surface area contributed by atoms with Gasteiger partial charge in [-0.15, -0.1) is 0 Å². The van der Waals surface area contributed by atoms with E-state index in [1.54, 1.807) is 49.1 Å². The molecule has 0 saturated heterocycles. The maximum absolute atomic E-state index is 13.1. The number of nitrogens with zero attached hydrogens (tertiary/aromatic N) is 3. The van der Waals surface area contributed by atoms with E-state index in [9.17, 15) is 4.79 Å². The van der Waals surface area contributed by atoms with Gasteiger partial charge < -0.3 is 9.55 Å². The maximum Gasteiger partial charge on any atom is 0.195 e. The molecule has 2 aromatic heterocycles. The highest BCUT2D eigenvalue weighted by molar-refractivity contribution is 6.31. The zero-order valence-corrected chi connectivity index (χ0v) is 14.3. The Kier molecular flexibility index (Phi) is 4.04. The van der Waals surface area contributed by atoms with Gasteiger partial charge in [-0.25, -0.2) is 4.98 Å². The van der Waals surface area contributed by atoms with Crippen molar-refractivity contribution >= 4 is 22.5 Å². The Morgan fingerprint density at radius 2 is 2.00 bits per heavy atom. The fourth-order valence-corrected chi connectivity index (χ4v) is 3.26. The maximum atomic E-state index is 13.1. The van der Waals surface area contributed by atoms with Gasteiger partial charge in [0.1, 0.15) is 0 Å². The Morgan fingerprint density at radius 1 is 1.19 bits per heavy atom. The van der Waals surface area contributed by atoms with Crippen LogP contribution in [0.2, 0.25) is 5.02 Å². The monoisotopic (exact) mass is 360 g/mol. The number of fused-ring (bicyclic) bond motifs is 1. The molecule has 0 aliphatic heterocycles. The molecule has 1 unspecified atom stereocenters. The van der Waals surface area contributed by atoms with E-state index < -0.39 is 0 Å². The topological polar surface area (TPSA) is 74.5 Å². The summed E-state index contributed by atoms with van der Waals surface area (Å²) in [5.41, 5.74) is 2.66. The van der Waals surface area contributed by atoms with Crippen LogP contribution in [0, 0.1) is 11.3 Å². The molecule has 126 valence electrons. The van der Waals surface area contributed by atoms with Gasteiger partial charge in [0.05, 0.1) is 24.0 Å². The quantitative estimate of drug-likeness (QED) is 0.602. The predicted octanol–water partition coefficient (Wildman–Crippen LogP) is 3.89. The van der Waals surface area contributed by atoms with Crippen molar-refractivity contribution in [3.8, 4) is 6.07 Å². The highest BCUT2D eigenvalue weighted by atomic mass is 35.5. The number of imidazole rings is 1. The van der Waals surface area contributed by atoms with Crippen molar-refractivity contribution in [3.63, 3.8) is 0 Å². The number of rotatable bonds is 3. The lowest BCUT2D eigenvalue weighted by molar-refractivity contribution is 0.671. The fraction of sp³-hybridized carbons (Fsp3) is 0.0500. The van der Waals surface area contributed by atoms with E-state index in [-0.39, 0.29) is 11.5 Å². The van der Waals surface area contributed by atoms with E-state index in [4.69, 9.17) is 16.9 Å². The van der Waals surface area contributed by atoms with Gasteiger partial charge in [-0.05, 0) is 35.9 Å². The number of halogens is 1. The number of nitrogens with one attached hydrogen (secondary N) is 1. The van der Waals surface area contributed by atoms with Gasteiger partial charge in [-0.1, -0.05) is 23.7 Å². The number of aromatic amines is 1. The number of hydrogen-bond donors (Lipinski definition) is 1. The van der Waals surface area contributed by atoms with Crippen molar-refractivity contribution in [1.82, 2.24) is 14.5 Å². The van der Waals surface area contributed by atoms with E-state index in [2.05, 4.69) is 16.0 Å². The summed E-state index contributed by atoms with van der Waals surface area (Å²) < 4.78 is 1.86. The molecule has 26 heavy (non-hydrogen) atoms. The summed E-state index contributed by atoms with van der Waals surface area (Å²) in [6.45, 7) is 0. The molecular weight excluding hydrogens is 348 g/mol. The van der Waals surface area contributed by atoms with Crippen LogP contribution < -0.4 is 5.43 Å². The minimum atomic E-state index is -0.364. The first-order valence-electron chi connectivity index (χ1n) is 7.96. The highest BCUT2D eigenvalue weighted by Gasteiger charge is 2.20. The van der Waals surface area contributed by atoms with E-state index in [0.717, 1.165) is 11.1 Å². The second kappa shape index (κ2) is 6.51. The third-order valence-corrected chi connectivity index (χ3v) is 4.58. The predicted molar refractivity (Wildman–Crippen MR) is 100 cm³/mol. The van der Waals surface area contributed by atoms with E-state index in [1.807, 2.05) is 22.9 Å². The molecule has 2 heterocycles. The first-order valence-corrected chi connectivity index (χ1v) is 8.33. The molecule has 0 amide bonds. The summed E-state index contributed by atoms with van der Waals surface area (Å²) in [7, 11) is 0. The van der Waals surface area contributed by atoms with Crippen LogP contribution in [0.25, 0.3) is 10.9 Å². The van der Waals surface area contributed by atoms with Gasteiger partial charge in [-0.3, -0.25) is 4.79 Å². The average molecular weight is 361 g/mol. The highest BCUT2D eigenvalue weighted by Crippen LogP contribution is 2.26. The van der Waals surface area contributed by atoms with Crippen LogP contribution in [0.1, 0.15) is 22.7 Å². The molecule has 4 rings (SSSR count). The minimum Gasteiger partial charge on any atom is -0.361 e. The first kappa shape index (κ1) is 16.1. The van der Waals surface area contributed by atoms with Crippen LogP contribution in [-0.4, -0.2) is 14.5 Å². The molecule has 5 nitrogen and oxygen atoms in total. The van der Waals surface area contributed by atoms with Crippen molar-refractivity contribution in [2.24, 2.45) is 0 Å². The zero-order chi connectivity index (χ0) is 18.1. The molecule has 1 atom stereocenters. The molecule has 2 aromatic carbocycles. The number of pyridine rings is 1. The van der Waals surface area contributed by atoms with Crippen molar-refractivity contribution in [2.75, 3.05) is 0 Å². The van der Waals surface area contributed by atoms with Crippen LogP contribution in [-0.2, 0) is 0 Å². The molecular formula is C20H13ClN4O. The van der Waals surface area contributed by atoms with Crippen molar-refractivity contribution in [2.45, 2.75) is 6.04 Å². The second-order valence-electron chi connectivity index (χ2n) is 5.91. The van der Waals surface area contributed by atoms with Crippen molar-refractivity contribution in [1.29, 1.82) is 5.26 Å². The molecule has 4 aromatic rings. The fourth-order valence-electron chi connectivity index (χ4n) is 3.08. The minimum absolute atomic E-state index is 0.0932. The van der Waals surface area contributed by atoms with Crippen molar-refractivity contribution < 1.29 is 0 Å². The lowest BCUT2D eigenvalue weighted by atomic mass is 9.97. The van der Waals surface area contributed by atoms with Crippen LogP contribution in [0.4, 0.5) is 0 Å². The molecule has 0 radical (unpaired) electrons.